The molecule has 0 radical (unpaired) electrons. The minimum absolute atomic E-state index is 0.0171. The summed E-state index contributed by atoms with van der Waals surface area (Å²) in [5.74, 6) is 0.0293. The molecule has 1 N–H and O–H groups in total. The largest absolute Gasteiger partial charge is 0.477 e. The lowest BCUT2D eigenvalue weighted by atomic mass is 9.66. The summed E-state index contributed by atoms with van der Waals surface area (Å²) in [5, 5.41) is 15.0. The second-order valence-corrected chi connectivity index (χ2v) is 11.8. The van der Waals surface area contributed by atoms with Gasteiger partial charge < -0.3 is 10.0 Å². The maximum absolute atomic E-state index is 15.2. The number of rotatable bonds is 3. The van der Waals surface area contributed by atoms with E-state index in [1.54, 1.807) is 13.0 Å². The Balaban J connectivity index is 1.82. The van der Waals surface area contributed by atoms with Crippen molar-refractivity contribution in [3.05, 3.63) is 46.9 Å². The predicted molar refractivity (Wildman–Crippen MR) is 122 cm³/mol. The number of anilines is 1. The van der Waals surface area contributed by atoms with Crippen LogP contribution in [0.5, 0.6) is 0 Å². The molecule has 5 rings (SSSR count). The van der Waals surface area contributed by atoms with Crippen LogP contribution in [0, 0.1) is 29.5 Å². The van der Waals surface area contributed by atoms with E-state index in [4.69, 9.17) is 5.10 Å². The summed E-state index contributed by atoms with van der Waals surface area (Å²) in [7, 11) is 0. The van der Waals surface area contributed by atoms with Gasteiger partial charge in [0, 0.05) is 11.6 Å². The van der Waals surface area contributed by atoms with Crippen LogP contribution in [0.2, 0.25) is 0 Å². The van der Waals surface area contributed by atoms with E-state index in [-0.39, 0.29) is 34.3 Å². The fraction of sp³-hybridized carbons (Fsp3) is 0.615. The first-order valence-corrected chi connectivity index (χ1v) is 11.7. The van der Waals surface area contributed by atoms with Crippen LogP contribution in [0.4, 0.5) is 10.2 Å². The highest BCUT2D eigenvalue weighted by atomic mass is 19.1. The van der Waals surface area contributed by atoms with E-state index in [9.17, 15) is 9.90 Å². The van der Waals surface area contributed by atoms with Crippen molar-refractivity contribution in [3.8, 4) is 0 Å². The molecule has 172 valence electrons. The zero-order chi connectivity index (χ0) is 23.2. The molecule has 4 unspecified atom stereocenters. The molecule has 1 aliphatic heterocycles. The number of carboxylic acids is 1. The van der Waals surface area contributed by atoms with Gasteiger partial charge in [-0.25, -0.2) is 13.9 Å². The van der Waals surface area contributed by atoms with E-state index in [1.807, 2.05) is 16.8 Å². The van der Waals surface area contributed by atoms with Crippen molar-refractivity contribution in [2.24, 2.45) is 16.7 Å². The lowest BCUT2D eigenvalue weighted by molar-refractivity contribution is 0.0691. The second kappa shape index (κ2) is 6.58. The number of aromatic nitrogens is 2. The summed E-state index contributed by atoms with van der Waals surface area (Å²) in [6.45, 7) is 12.9. The predicted octanol–water partition coefficient (Wildman–Crippen LogP) is 5.93. The van der Waals surface area contributed by atoms with Crippen molar-refractivity contribution >= 4 is 11.8 Å². The Morgan fingerprint density at radius 1 is 1.16 bits per heavy atom. The molecular formula is C26H34FN3O2. The van der Waals surface area contributed by atoms with Crippen LogP contribution in [0.25, 0.3) is 0 Å². The third kappa shape index (κ3) is 2.74. The van der Waals surface area contributed by atoms with Gasteiger partial charge in [-0.15, -0.1) is 0 Å². The summed E-state index contributed by atoms with van der Waals surface area (Å²) >= 11 is 0. The van der Waals surface area contributed by atoms with Crippen LogP contribution in [-0.4, -0.2) is 26.9 Å². The van der Waals surface area contributed by atoms with E-state index in [0.717, 1.165) is 12.8 Å². The van der Waals surface area contributed by atoms with Crippen molar-refractivity contribution < 1.29 is 14.3 Å². The lowest BCUT2D eigenvalue weighted by Crippen LogP contribution is -2.58. The van der Waals surface area contributed by atoms with Crippen molar-refractivity contribution in [3.63, 3.8) is 0 Å². The van der Waals surface area contributed by atoms with Gasteiger partial charge in [0.1, 0.15) is 17.2 Å². The molecule has 2 fully saturated rings. The van der Waals surface area contributed by atoms with Gasteiger partial charge in [0.2, 0.25) is 0 Å². The van der Waals surface area contributed by atoms with Crippen LogP contribution in [-0.2, 0) is 5.54 Å². The number of aromatic carboxylic acids is 1. The first-order valence-electron chi connectivity index (χ1n) is 11.7. The summed E-state index contributed by atoms with van der Waals surface area (Å²) in [5.41, 5.74) is 1.01. The fourth-order valence-corrected chi connectivity index (χ4v) is 7.51. The molecule has 0 saturated heterocycles. The van der Waals surface area contributed by atoms with Gasteiger partial charge in [0.15, 0.2) is 0 Å². The maximum atomic E-state index is 15.2. The number of carbonyl (C=O) groups is 1. The van der Waals surface area contributed by atoms with E-state index in [1.165, 1.54) is 12.5 Å². The van der Waals surface area contributed by atoms with Crippen LogP contribution in [0.3, 0.4) is 0 Å². The molecule has 0 amide bonds. The van der Waals surface area contributed by atoms with E-state index < -0.39 is 11.5 Å². The Labute approximate surface area is 189 Å². The third-order valence-corrected chi connectivity index (χ3v) is 8.83. The van der Waals surface area contributed by atoms with Crippen molar-refractivity contribution in [2.45, 2.75) is 84.8 Å². The average molecular weight is 440 g/mol. The monoisotopic (exact) mass is 439 g/mol. The van der Waals surface area contributed by atoms with Gasteiger partial charge in [0.05, 0.1) is 17.3 Å². The fourth-order valence-electron chi connectivity index (χ4n) is 7.51. The molecule has 2 aliphatic carbocycles. The van der Waals surface area contributed by atoms with E-state index in [2.05, 4.69) is 39.5 Å². The lowest BCUT2D eigenvalue weighted by Gasteiger charge is -2.56. The number of halogens is 1. The number of benzene rings is 1. The zero-order valence-corrected chi connectivity index (χ0v) is 19.9. The summed E-state index contributed by atoms with van der Waals surface area (Å²) in [6, 6.07) is 6.83. The quantitative estimate of drug-likeness (QED) is 0.644. The minimum atomic E-state index is -0.968. The van der Waals surface area contributed by atoms with E-state index in [0.29, 0.717) is 29.4 Å². The van der Waals surface area contributed by atoms with E-state index >= 15 is 4.39 Å². The van der Waals surface area contributed by atoms with Crippen molar-refractivity contribution in [1.82, 2.24) is 9.78 Å². The highest BCUT2D eigenvalue weighted by Gasteiger charge is 2.63. The molecule has 2 heterocycles. The minimum Gasteiger partial charge on any atom is -0.477 e. The molecule has 2 aromatic rings. The Morgan fingerprint density at radius 2 is 1.84 bits per heavy atom. The van der Waals surface area contributed by atoms with Gasteiger partial charge in [-0.3, -0.25) is 0 Å². The smallest absolute Gasteiger partial charge is 0.341 e. The summed E-state index contributed by atoms with van der Waals surface area (Å²) in [6.07, 6.45) is 4.11. The molecule has 6 heteroatoms. The number of fused-ring (bicyclic) bond motifs is 3. The molecule has 2 saturated carbocycles. The van der Waals surface area contributed by atoms with Crippen molar-refractivity contribution in [2.75, 3.05) is 4.90 Å². The molecule has 2 bridgehead atoms. The Hall–Kier alpha value is -2.37. The third-order valence-electron chi connectivity index (χ3n) is 8.83. The Bertz CT molecular complexity index is 1100. The number of hydrogen-bond donors (Lipinski definition) is 1. The first kappa shape index (κ1) is 21.5. The highest BCUT2D eigenvalue weighted by molar-refractivity contribution is 5.95. The van der Waals surface area contributed by atoms with Gasteiger partial charge >= 0.3 is 5.97 Å². The van der Waals surface area contributed by atoms with Crippen LogP contribution in [0.15, 0.2) is 24.3 Å². The van der Waals surface area contributed by atoms with Crippen molar-refractivity contribution in [1.29, 1.82) is 0 Å². The Kier molecular flexibility index (Phi) is 4.42. The number of carboxylic acid groups (broad SMARTS) is 1. The van der Waals surface area contributed by atoms with Gasteiger partial charge in [0.25, 0.3) is 0 Å². The Morgan fingerprint density at radius 3 is 2.44 bits per heavy atom. The summed E-state index contributed by atoms with van der Waals surface area (Å²) in [4.78, 5) is 14.8. The topological polar surface area (TPSA) is 58.4 Å². The number of aryl methyl sites for hydroxylation is 1. The molecule has 5 nitrogen and oxygen atoms in total. The number of hydrogen-bond acceptors (Lipinski definition) is 3. The number of nitrogens with zero attached hydrogens (tertiary/aromatic N) is 3. The van der Waals surface area contributed by atoms with Gasteiger partial charge in [-0.05, 0) is 69.3 Å². The molecule has 4 atom stereocenters. The summed E-state index contributed by atoms with van der Waals surface area (Å²) < 4.78 is 17.1. The molecule has 1 aromatic carbocycles. The van der Waals surface area contributed by atoms with Crippen LogP contribution in [0.1, 0.15) is 88.0 Å². The zero-order valence-electron chi connectivity index (χ0n) is 19.9. The average Bonchev–Trinajstić information content (AvgIpc) is 3.30. The SMILES string of the molecule is Cc1nn2c(c1C(=O)O)N(C1C3(C)CCC(C3)C1(C)C)C(c1ccccc1F)CC2(C)C. The van der Waals surface area contributed by atoms with Crippen LogP contribution >= 0.6 is 0 Å². The molecular weight excluding hydrogens is 405 g/mol. The maximum Gasteiger partial charge on any atom is 0.341 e. The molecule has 1 aromatic heterocycles. The molecule has 0 spiro atoms. The highest BCUT2D eigenvalue weighted by Crippen LogP contribution is 2.66. The standard InChI is InChI=1S/C26H34FN3O2/c1-15-20(22(31)32)21-29(23-25(4,5)16-11-12-26(23,6)13-16)19(14-24(2,3)30(21)28-15)17-9-7-8-10-18(17)27/h7-10,16,19,23H,11-14H2,1-6H3,(H,31,32). The van der Waals surface area contributed by atoms with Gasteiger partial charge in [-0.2, -0.15) is 5.10 Å². The second-order valence-electron chi connectivity index (χ2n) is 11.8. The van der Waals surface area contributed by atoms with Gasteiger partial charge in [-0.1, -0.05) is 39.0 Å². The first-order chi connectivity index (χ1) is 14.9. The molecule has 3 aliphatic rings. The molecule has 32 heavy (non-hydrogen) atoms. The normalized spacial score (nSPS) is 32.2. The van der Waals surface area contributed by atoms with Crippen LogP contribution < -0.4 is 4.90 Å².